The number of hydrogen-bond acceptors (Lipinski definition) is 4. The van der Waals surface area contributed by atoms with E-state index in [0.717, 1.165) is 19.4 Å². The maximum absolute atomic E-state index is 12.3. The fourth-order valence-electron chi connectivity index (χ4n) is 0.797. The summed E-state index contributed by atoms with van der Waals surface area (Å²) in [6.07, 6.45) is -0.324. The highest BCUT2D eigenvalue weighted by Gasteiger charge is 2.17. The summed E-state index contributed by atoms with van der Waals surface area (Å²) in [6, 6.07) is 2.32. The number of aliphatic hydroxyl groups excluding tert-OH is 1. The zero-order valence-corrected chi connectivity index (χ0v) is 6.90. The molecule has 0 aliphatic carbocycles. The zero-order chi connectivity index (χ0) is 9.84. The summed E-state index contributed by atoms with van der Waals surface area (Å²) in [5.41, 5.74) is 0.202. The molecule has 0 aliphatic rings. The fraction of sp³-hybridized carbons (Fsp3) is 0.250. The first-order valence-corrected chi connectivity index (χ1v) is 3.52. The summed E-state index contributed by atoms with van der Waals surface area (Å²) in [5, 5.41) is 9.24. The second-order valence-electron chi connectivity index (χ2n) is 2.34. The number of ether oxygens (including phenoxy) is 1. The van der Waals surface area contributed by atoms with Gasteiger partial charge in [0.05, 0.1) is 7.11 Å². The quantitative estimate of drug-likeness (QED) is 0.536. The molecule has 0 bridgehead atoms. The molecule has 0 amide bonds. The monoisotopic (exact) mass is 185 g/mol. The second-order valence-corrected chi connectivity index (χ2v) is 2.34. The van der Waals surface area contributed by atoms with Crippen molar-refractivity contribution in [3.05, 3.63) is 29.8 Å². The van der Waals surface area contributed by atoms with E-state index in [1.165, 1.54) is 6.07 Å². The number of nitrogens with zero attached hydrogens (tertiary/aromatic N) is 1. The van der Waals surface area contributed by atoms with Crippen LogP contribution in [0.15, 0.2) is 18.3 Å². The van der Waals surface area contributed by atoms with Crippen LogP contribution in [-0.4, -0.2) is 23.2 Å². The highest BCUT2D eigenvalue weighted by atomic mass is 19.1. The molecule has 13 heavy (non-hydrogen) atoms. The van der Waals surface area contributed by atoms with Crippen molar-refractivity contribution in [3.63, 3.8) is 0 Å². The summed E-state index contributed by atoms with van der Waals surface area (Å²) in [6.45, 7) is 0. The molecule has 1 aromatic rings. The maximum atomic E-state index is 12.3. The number of esters is 1. The lowest BCUT2D eigenvalue weighted by Gasteiger charge is -2.06. The number of carbonyl (C=O) groups excluding carboxylic acids is 1. The molecule has 1 N–H and O–H groups in total. The van der Waals surface area contributed by atoms with Gasteiger partial charge in [0.25, 0.3) is 0 Å². The topological polar surface area (TPSA) is 59.4 Å². The van der Waals surface area contributed by atoms with Crippen LogP contribution in [0.2, 0.25) is 0 Å². The molecule has 5 heteroatoms. The molecule has 4 nitrogen and oxygen atoms in total. The third kappa shape index (κ3) is 2.22. The van der Waals surface area contributed by atoms with Crippen LogP contribution < -0.4 is 0 Å². The van der Waals surface area contributed by atoms with Gasteiger partial charge in [0.2, 0.25) is 5.95 Å². The largest absolute Gasteiger partial charge is 0.467 e. The highest BCUT2D eigenvalue weighted by Crippen LogP contribution is 2.12. The molecule has 0 aromatic carbocycles. The summed E-state index contributed by atoms with van der Waals surface area (Å²) < 4.78 is 16.6. The van der Waals surface area contributed by atoms with Crippen LogP contribution in [-0.2, 0) is 9.53 Å². The Hall–Kier alpha value is -1.49. The molecular weight excluding hydrogens is 177 g/mol. The molecule has 1 heterocycles. The van der Waals surface area contributed by atoms with Gasteiger partial charge in [0, 0.05) is 11.8 Å². The van der Waals surface area contributed by atoms with E-state index in [0.29, 0.717) is 0 Å². The summed E-state index contributed by atoms with van der Waals surface area (Å²) in [5.74, 6) is -1.46. The number of aliphatic hydroxyl groups is 1. The van der Waals surface area contributed by atoms with Crippen LogP contribution >= 0.6 is 0 Å². The average Bonchev–Trinajstić information content (AvgIpc) is 2.17. The van der Waals surface area contributed by atoms with Crippen LogP contribution in [0, 0.1) is 5.95 Å². The van der Waals surface area contributed by atoms with E-state index in [1.54, 1.807) is 0 Å². The van der Waals surface area contributed by atoms with Crippen molar-refractivity contribution in [3.8, 4) is 0 Å². The van der Waals surface area contributed by atoms with Crippen molar-refractivity contribution in [2.24, 2.45) is 0 Å². The number of methoxy groups -OCH3 is 1. The van der Waals surface area contributed by atoms with E-state index in [2.05, 4.69) is 9.72 Å². The van der Waals surface area contributed by atoms with Crippen molar-refractivity contribution in [1.29, 1.82) is 0 Å². The van der Waals surface area contributed by atoms with Gasteiger partial charge in [-0.15, -0.1) is 0 Å². The summed E-state index contributed by atoms with van der Waals surface area (Å²) in [7, 11) is 1.16. The van der Waals surface area contributed by atoms with Crippen molar-refractivity contribution in [1.82, 2.24) is 4.98 Å². The molecule has 0 saturated heterocycles. The van der Waals surface area contributed by atoms with Crippen molar-refractivity contribution in [2.75, 3.05) is 7.11 Å². The number of pyridine rings is 1. The van der Waals surface area contributed by atoms with Crippen LogP contribution in [0.25, 0.3) is 0 Å². The maximum Gasteiger partial charge on any atom is 0.339 e. The highest BCUT2D eigenvalue weighted by molar-refractivity contribution is 5.75. The summed E-state index contributed by atoms with van der Waals surface area (Å²) >= 11 is 0. The van der Waals surface area contributed by atoms with Gasteiger partial charge in [-0.25, -0.2) is 9.78 Å². The molecule has 1 atom stereocenters. The fourth-order valence-corrected chi connectivity index (χ4v) is 0.797. The van der Waals surface area contributed by atoms with Gasteiger partial charge in [0.15, 0.2) is 6.10 Å². The van der Waals surface area contributed by atoms with E-state index in [1.807, 2.05) is 0 Å². The molecule has 1 unspecified atom stereocenters. The van der Waals surface area contributed by atoms with Gasteiger partial charge < -0.3 is 9.84 Å². The van der Waals surface area contributed by atoms with Crippen molar-refractivity contribution in [2.45, 2.75) is 6.10 Å². The summed E-state index contributed by atoms with van der Waals surface area (Å²) in [4.78, 5) is 14.1. The lowest BCUT2D eigenvalue weighted by Crippen LogP contribution is -2.13. The minimum Gasteiger partial charge on any atom is -0.467 e. The molecule has 0 spiro atoms. The number of carbonyl (C=O) groups is 1. The molecule has 1 aromatic heterocycles. The number of rotatable bonds is 2. The Morgan fingerprint density at radius 2 is 2.38 bits per heavy atom. The van der Waals surface area contributed by atoms with Crippen LogP contribution in [0.3, 0.4) is 0 Å². The first-order chi connectivity index (χ1) is 6.15. The van der Waals surface area contributed by atoms with E-state index in [9.17, 15) is 14.3 Å². The minimum atomic E-state index is -1.40. The number of halogens is 1. The van der Waals surface area contributed by atoms with Gasteiger partial charge in [0.1, 0.15) is 0 Å². The third-order valence-electron chi connectivity index (χ3n) is 1.49. The molecule has 0 saturated carbocycles. The van der Waals surface area contributed by atoms with Crippen LogP contribution in [0.1, 0.15) is 11.7 Å². The Labute approximate surface area is 74.0 Å². The number of hydrogen-bond donors (Lipinski definition) is 1. The molecule has 0 radical (unpaired) electrons. The van der Waals surface area contributed by atoms with Crippen molar-refractivity contribution < 1.29 is 19.0 Å². The lowest BCUT2D eigenvalue weighted by atomic mass is 10.2. The van der Waals surface area contributed by atoms with Gasteiger partial charge in [-0.05, 0) is 12.1 Å². The lowest BCUT2D eigenvalue weighted by molar-refractivity contribution is -0.150. The minimum absolute atomic E-state index is 0.202. The average molecular weight is 185 g/mol. The Morgan fingerprint density at radius 3 is 2.85 bits per heavy atom. The smallest absolute Gasteiger partial charge is 0.339 e. The zero-order valence-electron chi connectivity index (χ0n) is 6.90. The Morgan fingerprint density at radius 1 is 1.69 bits per heavy atom. The Kier molecular flexibility index (Phi) is 2.92. The van der Waals surface area contributed by atoms with Gasteiger partial charge in [-0.3, -0.25) is 0 Å². The van der Waals surface area contributed by atoms with Crippen molar-refractivity contribution >= 4 is 5.97 Å². The third-order valence-corrected chi connectivity index (χ3v) is 1.49. The van der Waals surface area contributed by atoms with Crippen LogP contribution in [0.5, 0.6) is 0 Å². The molecule has 0 aliphatic heterocycles. The van der Waals surface area contributed by atoms with Crippen LogP contribution in [0.4, 0.5) is 4.39 Å². The molecular formula is C8H8FNO3. The van der Waals surface area contributed by atoms with E-state index < -0.39 is 18.0 Å². The first-order valence-electron chi connectivity index (χ1n) is 3.52. The Bertz CT molecular complexity index is 299. The molecule has 0 fully saturated rings. The SMILES string of the molecule is COC(=O)C(O)c1ccc(F)nc1. The van der Waals surface area contributed by atoms with E-state index in [-0.39, 0.29) is 5.56 Å². The molecule has 70 valence electrons. The predicted molar refractivity (Wildman–Crippen MR) is 41.2 cm³/mol. The van der Waals surface area contributed by atoms with E-state index in [4.69, 9.17) is 0 Å². The second kappa shape index (κ2) is 3.95. The van der Waals surface area contributed by atoms with E-state index >= 15 is 0 Å². The Balaban J connectivity index is 2.83. The number of aromatic nitrogens is 1. The molecule has 1 rings (SSSR count). The van der Waals surface area contributed by atoms with Gasteiger partial charge >= 0.3 is 5.97 Å². The standard InChI is InChI=1S/C8H8FNO3/c1-13-8(12)7(11)5-2-3-6(9)10-4-5/h2-4,7,11H,1H3. The normalized spacial score (nSPS) is 12.2. The van der Waals surface area contributed by atoms with Gasteiger partial charge in [-0.1, -0.05) is 0 Å². The predicted octanol–water partition coefficient (Wildman–Crippen LogP) is 0.427. The first kappa shape index (κ1) is 9.60. The van der Waals surface area contributed by atoms with Gasteiger partial charge in [-0.2, -0.15) is 4.39 Å².